The molecule has 0 aliphatic carbocycles. The number of ether oxygens (including phenoxy) is 1. The summed E-state index contributed by atoms with van der Waals surface area (Å²) in [5.74, 6) is 0.573. The van der Waals surface area contributed by atoms with Gasteiger partial charge in [0.1, 0.15) is 17.5 Å². The molecular weight excluding hydrogens is 362 g/mol. The molecule has 1 unspecified atom stereocenters. The number of benzene rings is 1. The smallest absolute Gasteiger partial charge is 0.294 e. The minimum Gasteiger partial charge on any atom is -0.483 e. The van der Waals surface area contributed by atoms with E-state index in [4.69, 9.17) is 4.74 Å². The summed E-state index contributed by atoms with van der Waals surface area (Å²) in [4.78, 5) is 27.7. The van der Waals surface area contributed by atoms with Gasteiger partial charge in [0.25, 0.3) is 10.6 Å². The first kappa shape index (κ1) is 19.2. The van der Waals surface area contributed by atoms with Crippen molar-refractivity contribution in [1.29, 1.82) is 5.26 Å². The van der Waals surface area contributed by atoms with E-state index in [0.29, 0.717) is 28.1 Å². The highest BCUT2D eigenvalue weighted by atomic mass is 17.0. The fraction of sp³-hybridized carbons (Fsp3) is 0.300. The minimum atomic E-state index is -0.829. The van der Waals surface area contributed by atoms with Crippen molar-refractivity contribution in [2.45, 2.75) is 38.9 Å². The van der Waals surface area contributed by atoms with E-state index >= 15 is 0 Å². The van der Waals surface area contributed by atoms with Gasteiger partial charge in [-0.25, -0.2) is 0 Å². The second-order valence-corrected chi connectivity index (χ2v) is 7.15. The van der Waals surface area contributed by atoms with Crippen LogP contribution in [0, 0.1) is 21.4 Å². The molecule has 1 atom stereocenters. The van der Waals surface area contributed by atoms with Crippen LogP contribution in [0.5, 0.6) is 5.75 Å². The first-order valence-electron chi connectivity index (χ1n) is 8.68. The number of hydrogen-bond acceptors (Lipinski definition) is 6. The molecule has 0 N–H and O–H groups in total. The van der Waals surface area contributed by atoms with Crippen molar-refractivity contribution in [3.63, 3.8) is 0 Å². The topological polar surface area (TPSA) is 107 Å². The molecule has 0 saturated heterocycles. The molecule has 2 heterocycles. The second kappa shape index (κ2) is 7.19. The van der Waals surface area contributed by atoms with E-state index in [2.05, 4.69) is 10.9 Å². The van der Waals surface area contributed by atoms with E-state index < -0.39 is 16.8 Å². The Morgan fingerprint density at radius 1 is 1.36 bits per heavy atom. The molecule has 2 aromatic rings. The quantitative estimate of drug-likeness (QED) is 0.582. The molecule has 8 nitrogen and oxygen atoms in total. The number of aromatic nitrogens is 1. The Balaban J connectivity index is 2.08. The van der Waals surface area contributed by atoms with Gasteiger partial charge < -0.3 is 9.57 Å². The zero-order chi connectivity index (χ0) is 20.5. The molecule has 0 saturated carbocycles. The van der Waals surface area contributed by atoms with Crippen LogP contribution < -0.4 is 10.3 Å². The van der Waals surface area contributed by atoms with Crippen LogP contribution in [0.2, 0.25) is 0 Å². The molecule has 8 heteroatoms. The van der Waals surface area contributed by atoms with Crippen molar-refractivity contribution in [2.75, 3.05) is 0 Å². The van der Waals surface area contributed by atoms with Crippen LogP contribution in [0.4, 0.5) is 0 Å². The highest BCUT2D eigenvalue weighted by Crippen LogP contribution is 2.36. The number of nitriles is 1. The maximum absolute atomic E-state index is 12.6. The monoisotopic (exact) mass is 381 g/mol. The van der Waals surface area contributed by atoms with Gasteiger partial charge in [0.05, 0.1) is 17.3 Å². The minimum absolute atomic E-state index is 0.260. The van der Waals surface area contributed by atoms with E-state index in [9.17, 15) is 20.2 Å². The Labute approximate surface area is 161 Å². The Morgan fingerprint density at radius 2 is 2.11 bits per heavy atom. The average Bonchev–Trinajstić information content (AvgIpc) is 2.61. The van der Waals surface area contributed by atoms with E-state index in [1.54, 1.807) is 37.4 Å². The molecule has 3 rings (SSSR count). The van der Waals surface area contributed by atoms with Gasteiger partial charge in [-0.15, -0.1) is 10.1 Å². The maximum atomic E-state index is 12.6. The lowest BCUT2D eigenvalue weighted by molar-refractivity contribution is -0.767. The second-order valence-electron chi connectivity index (χ2n) is 7.15. The fourth-order valence-corrected chi connectivity index (χ4v) is 3.16. The maximum Gasteiger partial charge on any atom is 0.294 e. The Bertz CT molecular complexity index is 1060. The Kier molecular flexibility index (Phi) is 4.92. The van der Waals surface area contributed by atoms with Crippen LogP contribution in [-0.4, -0.2) is 21.4 Å². The lowest BCUT2D eigenvalue weighted by atomic mass is 9.97. The van der Waals surface area contributed by atoms with Crippen LogP contribution in [0.25, 0.3) is 5.70 Å². The van der Waals surface area contributed by atoms with E-state index in [0.717, 1.165) is 0 Å². The van der Waals surface area contributed by atoms with Crippen LogP contribution in [-0.2, 0) is 11.3 Å². The van der Waals surface area contributed by atoms with E-state index in [-0.39, 0.29) is 12.0 Å². The third-order valence-electron chi connectivity index (χ3n) is 4.26. The van der Waals surface area contributed by atoms with Crippen LogP contribution >= 0.6 is 0 Å². The van der Waals surface area contributed by atoms with Gasteiger partial charge in [-0.05, 0) is 50.6 Å². The molecule has 28 heavy (non-hydrogen) atoms. The summed E-state index contributed by atoms with van der Waals surface area (Å²) in [5, 5.41) is 18.9. The Hall–Kier alpha value is -3.60. The number of nitrogens with zero attached hydrogens (tertiary/aromatic N) is 3. The van der Waals surface area contributed by atoms with Crippen molar-refractivity contribution >= 4 is 5.70 Å². The molecule has 1 aromatic carbocycles. The summed E-state index contributed by atoms with van der Waals surface area (Å²) in [6.45, 7) is 5.33. The van der Waals surface area contributed by atoms with Crippen molar-refractivity contribution in [2.24, 2.45) is 0 Å². The standard InChI is InChI=1S/C20H19N3O5/c1-13(28-23(25)26)8-15-5-7-19(24)22(12-15)17-10-20(2,3)27-18-6-4-14(11-21)9-16(17)18/h4-7,9-10,12-13H,8H2,1-3H3. The van der Waals surface area contributed by atoms with Gasteiger partial charge in [0, 0.05) is 24.2 Å². The van der Waals surface area contributed by atoms with Crippen molar-refractivity contribution in [3.05, 3.63) is 79.8 Å². The van der Waals surface area contributed by atoms with Crippen LogP contribution in [0.15, 0.2) is 47.4 Å². The highest BCUT2D eigenvalue weighted by Gasteiger charge is 2.28. The van der Waals surface area contributed by atoms with Gasteiger partial charge in [-0.2, -0.15) is 5.26 Å². The number of fused-ring (bicyclic) bond motifs is 1. The third-order valence-corrected chi connectivity index (χ3v) is 4.26. The van der Waals surface area contributed by atoms with Crippen LogP contribution in [0.1, 0.15) is 37.5 Å². The van der Waals surface area contributed by atoms with Crippen LogP contribution in [0.3, 0.4) is 0 Å². The summed E-state index contributed by atoms with van der Waals surface area (Å²) in [5.41, 5.74) is 1.46. The lowest BCUT2D eigenvalue weighted by Gasteiger charge is -2.31. The molecule has 0 fully saturated rings. The molecular formula is C20H19N3O5. The molecule has 1 aliphatic rings. The lowest BCUT2D eigenvalue weighted by Crippen LogP contribution is -2.32. The number of hydrogen-bond donors (Lipinski definition) is 0. The van der Waals surface area contributed by atoms with Gasteiger partial charge in [-0.1, -0.05) is 6.07 Å². The average molecular weight is 381 g/mol. The zero-order valence-corrected chi connectivity index (χ0v) is 15.7. The summed E-state index contributed by atoms with van der Waals surface area (Å²) < 4.78 is 7.42. The van der Waals surface area contributed by atoms with Crippen molar-refractivity contribution in [3.8, 4) is 11.8 Å². The molecule has 1 aliphatic heterocycles. The normalized spacial score (nSPS) is 15.4. The molecule has 0 spiro atoms. The van der Waals surface area contributed by atoms with Crippen molar-refractivity contribution in [1.82, 2.24) is 4.57 Å². The fourth-order valence-electron chi connectivity index (χ4n) is 3.16. The summed E-state index contributed by atoms with van der Waals surface area (Å²) >= 11 is 0. The molecule has 0 bridgehead atoms. The number of rotatable bonds is 5. The van der Waals surface area contributed by atoms with Gasteiger partial charge in [-0.3, -0.25) is 9.36 Å². The SMILES string of the molecule is CC(Cc1ccc(=O)n(C2=CC(C)(C)Oc3ccc(C#N)cc32)c1)O[N+](=O)[O-]. The summed E-state index contributed by atoms with van der Waals surface area (Å²) in [7, 11) is 0. The third kappa shape index (κ3) is 4.04. The summed E-state index contributed by atoms with van der Waals surface area (Å²) in [6.07, 6.45) is 3.06. The number of pyridine rings is 1. The van der Waals surface area contributed by atoms with Gasteiger partial charge in [0.2, 0.25) is 0 Å². The molecule has 0 amide bonds. The molecule has 0 radical (unpaired) electrons. The van der Waals surface area contributed by atoms with Crippen molar-refractivity contribution < 1.29 is 14.7 Å². The summed E-state index contributed by atoms with van der Waals surface area (Å²) in [6, 6.07) is 10.2. The molecule has 144 valence electrons. The Morgan fingerprint density at radius 3 is 2.79 bits per heavy atom. The van der Waals surface area contributed by atoms with E-state index in [1.165, 1.54) is 10.6 Å². The van der Waals surface area contributed by atoms with E-state index in [1.807, 2.05) is 19.9 Å². The largest absolute Gasteiger partial charge is 0.483 e. The van der Waals surface area contributed by atoms with Gasteiger partial charge in [0.15, 0.2) is 0 Å². The highest BCUT2D eigenvalue weighted by molar-refractivity contribution is 5.74. The predicted molar refractivity (Wildman–Crippen MR) is 101 cm³/mol. The zero-order valence-electron chi connectivity index (χ0n) is 15.7. The molecule has 1 aromatic heterocycles. The predicted octanol–water partition coefficient (Wildman–Crippen LogP) is 2.92. The first-order chi connectivity index (χ1) is 13.2. The van der Waals surface area contributed by atoms with Gasteiger partial charge >= 0.3 is 0 Å². The first-order valence-corrected chi connectivity index (χ1v) is 8.68.